The van der Waals surface area contributed by atoms with Gasteiger partial charge in [-0.2, -0.15) is 0 Å². The van der Waals surface area contributed by atoms with Crippen LogP contribution in [0.3, 0.4) is 0 Å². The van der Waals surface area contributed by atoms with Crippen molar-refractivity contribution in [1.82, 2.24) is 20.2 Å². The Morgan fingerprint density at radius 3 is 2.61 bits per heavy atom. The average molecular weight is 378 g/mol. The van der Waals surface area contributed by atoms with Gasteiger partial charge in [-0.3, -0.25) is 9.59 Å². The van der Waals surface area contributed by atoms with Gasteiger partial charge < -0.3 is 15.2 Å². The zero-order valence-electron chi connectivity index (χ0n) is 16.5. The molecule has 146 valence electrons. The molecule has 0 atom stereocenters. The predicted octanol–water partition coefficient (Wildman–Crippen LogP) is 3.05. The number of carbonyl (C=O) groups is 2. The first kappa shape index (κ1) is 19.6. The molecule has 0 aliphatic rings. The van der Waals surface area contributed by atoms with Gasteiger partial charge >= 0.3 is 0 Å². The first-order chi connectivity index (χ1) is 13.4. The maximum Gasteiger partial charge on any atom is 0.251 e. The Morgan fingerprint density at radius 1 is 1.07 bits per heavy atom. The Labute approximate surface area is 165 Å². The molecule has 2 aromatic carbocycles. The second-order valence-corrected chi connectivity index (χ2v) is 7.35. The second-order valence-electron chi connectivity index (χ2n) is 7.35. The van der Waals surface area contributed by atoms with E-state index in [1.165, 1.54) is 0 Å². The van der Waals surface area contributed by atoms with Crippen molar-refractivity contribution in [3.05, 3.63) is 65.5 Å². The van der Waals surface area contributed by atoms with E-state index in [1.807, 2.05) is 54.0 Å². The molecule has 6 heteroatoms. The zero-order chi connectivity index (χ0) is 20.1. The lowest BCUT2D eigenvalue weighted by Gasteiger charge is -2.12. The highest BCUT2D eigenvalue weighted by Gasteiger charge is 2.15. The van der Waals surface area contributed by atoms with E-state index in [1.54, 1.807) is 6.07 Å². The predicted molar refractivity (Wildman–Crippen MR) is 110 cm³/mol. The van der Waals surface area contributed by atoms with Gasteiger partial charge in [-0.1, -0.05) is 43.7 Å². The molecule has 2 N–H and O–H groups in total. The number of hydrogen-bond donors (Lipinski definition) is 2. The Morgan fingerprint density at radius 2 is 1.86 bits per heavy atom. The van der Waals surface area contributed by atoms with E-state index in [2.05, 4.69) is 29.5 Å². The van der Waals surface area contributed by atoms with Crippen molar-refractivity contribution in [1.29, 1.82) is 0 Å². The number of para-hydroxylation sites is 2. The topological polar surface area (TPSA) is 76.0 Å². The van der Waals surface area contributed by atoms with Gasteiger partial charge in [-0.25, -0.2) is 4.98 Å². The Balaban J connectivity index is 1.78. The Kier molecular flexibility index (Phi) is 6.09. The van der Waals surface area contributed by atoms with Crippen LogP contribution in [-0.4, -0.2) is 27.9 Å². The second kappa shape index (κ2) is 8.69. The third kappa shape index (κ3) is 4.76. The number of aromatic nitrogens is 2. The fourth-order valence-electron chi connectivity index (χ4n) is 3.00. The minimum atomic E-state index is -0.161. The summed E-state index contributed by atoms with van der Waals surface area (Å²) < 4.78 is 1.86. The molecule has 6 nitrogen and oxygen atoms in total. The maximum absolute atomic E-state index is 12.5. The Bertz CT molecular complexity index is 991. The van der Waals surface area contributed by atoms with Gasteiger partial charge in [-0.05, 0) is 37.1 Å². The summed E-state index contributed by atoms with van der Waals surface area (Å²) in [5.41, 5.74) is 3.32. The largest absolute Gasteiger partial charge is 0.354 e. The van der Waals surface area contributed by atoms with Crippen molar-refractivity contribution in [3.63, 3.8) is 0 Å². The molecule has 0 spiro atoms. The van der Waals surface area contributed by atoms with Gasteiger partial charge in [0.05, 0.1) is 17.6 Å². The molecule has 0 saturated carbocycles. The summed E-state index contributed by atoms with van der Waals surface area (Å²) >= 11 is 0. The number of aryl methyl sites for hydroxylation is 1. The first-order valence-electron chi connectivity index (χ1n) is 9.49. The summed E-state index contributed by atoms with van der Waals surface area (Å²) in [6, 6.07) is 15.1. The van der Waals surface area contributed by atoms with Crippen LogP contribution in [0.5, 0.6) is 0 Å². The molecule has 0 unspecified atom stereocenters. The molecule has 2 amide bonds. The fourth-order valence-corrected chi connectivity index (χ4v) is 3.00. The van der Waals surface area contributed by atoms with Crippen molar-refractivity contribution in [2.75, 3.05) is 6.54 Å². The van der Waals surface area contributed by atoms with Crippen molar-refractivity contribution in [3.8, 4) is 0 Å². The molecule has 0 bridgehead atoms. The van der Waals surface area contributed by atoms with E-state index in [4.69, 9.17) is 0 Å². The van der Waals surface area contributed by atoms with E-state index in [9.17, 15) is 9.59 Å². The number of imidazole rings is 1. The van der Waals surface area contributed by atoms with Crippen molar-refractivity contribution in [2.45, 2.75) is 33.9 Å². The zero-order valence-corrected chi connectivity index (χ0v) is 16.5. The maximum atomic E-state index is 12.5. The summed E-state index contributed by atoms with van der Waals surface area (Å²) in [5, 5.41) is 5.85. The smallest absolute Gasteiger partial charge is 0.251 e. The number of rotatable bonds is 7. The molecule has 28 heavy (non-hydrogen) atoms. The highest BCUT2D eigenvalue weighted by Crippen LogP contribution is 2.16. The minimum Gasteiger partial charge on any atom is -0.354 e. The Hall–Kier alpha value is -3.15. The minimum absolute atomic E-state index is 0.0666. The number of nitrogens with zero attached hydrogens (tertiary/aromatic N) is 2. The molecule has 1 heterocycles. The van der Waals surface area contributed by atoms with E-state index < -0.39 is 0 Å². The first-order valence-corrected chi connectivity index (χ1v) is 9.49. The molecule has 0 aliphatic carbocycles. The van der Waals surface area contributed by atoms with Crippen LogP contribution in [0.15, 0.2) is 48.5 Å². The number of benzene rings is 2. The van der Waals surface area contributed by atoms with E-state index in [-0.39, 0.29) is 24.9 Å². The molecule has 3 aromatic rings. The number of amides is 2. The fraction of sp³-hybridized carbons (Fsp3) is 0.318. The summed E-state index contributed by atoms with van der Waals surface area (Å²) in [4.78, 5) is 29.4. The molecular formula is C22H26N4O2. The number of hydrogen-bond acceptors (Lipinski definition) is 3. The van der Waals surface area contributed by atoms with E-state index in [0.29, 0.717) is 23.9 Å². The van der Waals surface area contributed by atoms with Crippen molar-refractivity contribution < 1.29 is 9.59 Å². The van der Waals surface area contributed by atoms with Gasteiger partial charge in [0.25, 0.3) is 5.91 Å². The SMILES string of the molecule is Cc1cccc(C(=O)NCc2nc3ccccc3n2CC(=O)NCC(C)C)c1. The molecule has 0 saturated heterocycles. The molecule has 3 rings (SSSR count). The summed E-state index contributed by atoms with van der Waals surface area (Å²) in [6.45, 7) is 7.11. The highest BCUT2D eigenvalue weighted by atomic mass is 16.2. The van der Waals surface area contributed by atoms with Crippen LogP contribution in [0.4, 0.5) is 0 Å². The van der Waals surface area contributed by atoms with Gasteiger partial charge in [0, 0.05) is 12.1 Å². The third-order valence-corrected chi connectivity index (χ3v) is 4.43. The lowest BCUT2D eigenvalue weighted by Crippen LogP contribution is -2.32. The highest BCUT2D eigenvalue weighted by molar-refractivity contribution is 5.94. The molecular weight excluding hydrogens is 352 g/mol. The van der Waals surface area contributed by atoms with Crippen LogP contribution < -0.4 is 10.6 Å². The van der Waals surface area contributed by atoms with Gasteiger partial charge in [0.2, 0.25) is 5.91 Å². The van der Waals surface area contributed by atoms with Crippen LogP contribution in [0.25, 0.3) is 11.0 Å². The van der Waals surface area contributed by atoms with Crippen LogP contribution >= 0.6 is 0 Å². The normalized spacial score (nSPS) is 11.0. The molecule has 1 aromatic heterocycles. The number of carbonyl (C=O) groups excluding carboxylic acids is 2. The lowest BCUT2D eigenvalue weighted by atomic mass is 10.1. The summed E-state index contributed by atoms with van der Waals surface area (Å²) in [7, 11) is 0. The molecule has 0 fully saturated rings. The summed E-state index contributed by atoms with van der Waals surface area (Å²) in [5.74, 6) is 0.813. The number of fused-ring (bicyclic) bond motifs is 1. The van der Waals surface area contributed by atoms with Crippen molar-refractivity contribution in [2.24, 2.45) is 5.92 Å². The summed E-state index contributed by atoms with van der Waals surface area (Å²) in [6.07, 6.45) is 0. The molecule has 0 radical (unpaired) electrons. The van der Waals surface area contributed by atoms with Gasteiger partial charge in [0.15, 0.2) is 0 Å². The quantitative estimate of drug-likeness (QED) is 0.663. The van der Waals surface area contributed by atoms with Gasteiger partial charge in [-0.15, -0.1) is 0 Å². The van der Waals surface area contributed by atoms with Crippen LogP contribution in [0.1, 0.15) is 35.6 Å². The van der Waals surface area contributed by atoms with E-state index in [0.717, 1.165) is 16.6 Å². The number of nitrogens with one attached hydrogen (secondary N) is 2. The lowest BCUT2D eigenvalue weighted by molar-refractivity contribution is -0.121. The average Bonchev–Trinajstić information content (AvgIpc) is 3.02. The van der Waals surface area contributed by atoms with Crippen molar-refractivity contribution >= 4 is 22.8 Å². The van der Waals surface area contributed by atoms with Crippen LogP contribution in [-0.2, 0) is 17.9 Å². The van der Waals surface area contributed by atoms with Gasteiger partial charge in [0.1, 0.15) is 12.4 Å². The van der Waals surface area contributed by atoms with E-state index >= 15 is 0 Å². The monoisotopic (exact) mass is 378 g/mol. The van der Waals surface area contributed by atoms with Crippen LogP contribution in [0, 0.1) is 12.8 Å². The standard InChI is InChI=1S/C22H26N4O2/c1-15(2)12-23-21(27)14-26-19-10-5-4-9-18(19)25-20(26)13-24-22(28)17-8-6-7-16(3)11-17/h4-11,15H,12-14H2,1-3H3,(H,23,27)(H,24,28). The third-order valence-electron chi connectivity index (χ3n) is 4.43. The van der Waals surface area contributed by atoms with Crippen LogP contribution in [0.2, 0.25) is 0 Å². The molecule has 0 aliphatic heterocycles.